The SMILES string of the molecule is Cc1nc(CNc2ccc(S(=O)(=O)N3CCN(C)CC3)cc2[N+](=O)[O-])c2n1CCCC2. The third kappa shape index (κ3) is 4.30. The summed E-state index contributed by atoms with van der Waals surface area (Å²) in [5.74, 6) is 0.953. The topological polar surface area (TPSA) is 114 Å². The standard InChI is InChI=1S/C20H28N6O4S/c1-15-22-18(19-5-3-4-8-25(15)19)14-21-17-7-6-16(13-20(17)26(27)28)31(29,30)24-11-9-23(2)10-12-24/h6-7,13,21H,3-5,8-12,14H2,1-2H3. The molecule has 10 nitrogen and oxygen atoms in total. The summed E-state index contributed by atoms with van der Waals surface area (Å²) in [6, 6.07) is 4.08. The van der Waals surface area contributed by atoms with Crippen molar-refractivity contribution in [2.45, 2.75) is 44.2 Å². The molecule has 0 spiro atoms. The minimum atomic E-state index is -3.78. The largest absolute Gasteiger partial charge is 0.374 e. The molecule has 1 fully saturated rings. The summed E-state index contributed by atoms with van der Waals surface area (Å²) in [6.45, 7) is 5.29. The summed E-state index contributed by atoms with van der Waals surface area (Å²) in [7, 11) is -1.84. The highest BCUT2D eigenvalue weighted by Gasteiger charge is 2.30. The number of benzene rings is 1. The zero-order valence-corrected chi connectivity index (χ0v) is 18.7. The number of nitrogens with one attached hydrogen (secondary N) is 1. The average molecular weight is 449 g/mol. The number of nitrogens with zero attached hydrogens (tertiary/aromatic N) is 5. The molecule has 1 aromatic carbocycles. The van der Waals surface area contributed by atoms with Crippen molar-refractivity contribution in [2.75, 3.05) is 38.5 Å². The zero-order chi connectivity index (χ0) is 22.2. The number of nitro benzene ring substituents is 1. The number of hydrogen-bond donors (Lipinski definition) is 1. The van der Waals surface area contributed by atoms with E-state index in [0.717, 1.165) is 43.4 Å². The van der Waals surface area contributed by atoms with Gasteiger partial charge in [0.25, 0.3) is 5.69 Å². The van der Waals surface area contributed by atoms with Crippen molar-refractivity contribution >= 4 is 21.4 Å². The van der Waals surface area contributed by atoms with Gasteiger partial charge in [0, 0.05) is 44.5 Å². The molecule has 168 valence electrons. The van der Waals surface area contributed by atoms with Crippen LogP contribution in [0.25, 0.3) is 0 Å². The third-order valence-corrected chi connectivity index (χ3v) is 8.00. The molecule has 4 rings (SSSR count). The third-order valence-electron chi connectivity index (χ3n) is 6.10. The highest BCUT2D eigenvalue weighted by atomic mass is 32.2. The summed E-state index contributed by atoms with van der Waals surface area (Å²) >= 11 is 0. The summed E-state index contributed by atoms with van der Waals surface area (Å²) in [5.41, 5.74) is 2.10. The average Bonchev–Trinajstić information content (AvgIpc) is 3.08. The lowest BCUT2D eigenvalue weighted by molar-refractivity contribution is -0.384. The van der Waals surface area contributed by atoms with Gasteiger partial charge in [-0.15, -0.1) is 0 Å². The number of piperazine rings is 1. The number of aromatic nitrogens is 2. The molecule has 0 amide bonds. The molecule has 31 heavy (non-hydrogen) atoms. The minimum Gasteiger partial charge on any atom is -0.374 e. The molecule has 0 aliphatic carbocycles. The molecule has 2 aliphatic heterocycles. The van der Waals surface area contributed by atoms with Gasteiger partial charge >= 0.3 is 0 Å². The van der Waals surface area contributed by atoms with Crippen LogP contribution in [0.1, 0.15) is 30.1 Å². The van der Waals surface area contributed by atoms with Crippen LogP contribution in [0.3, 0.4) is 0 Å². The fourth-order valence-corrected chi connectivity index (χ4v) is 5.72. The van der Waals surface area contributed by atoms with Crippen molar-refractivity contribution in [3.05, 3.63) is 45.5 Å². The first-order valence-electron chi connectivity index (χ1n) is 10.5. The van der Waals surface area contributed by atoms with Gasteiger partial charge in [-0.25, -0.2) is 13.4 Å². The van der Waals surface area contributed by atoms with Crippen molar-refractivity contribution in [2.24, 2.45) is 0 Å². The monoisotopic (exact) mass is 448 g/mol. The van der Waals surface area contributed by atoms with Crippen LogP contribution in [0, 0.1) is 17.0 Å². The first kappa shape index (κ1) is 21.7. The number of imidazole rings is 1. The Hall–Kier alpha value is -2.50. The Morgan fingerprint density at radius 2 is 1.90 bits per heavy atom. The van der Waals surface area contributed by atoms with Crippen molar-refractivity contribution in [1.82, 2.24) is 18.8 Å². The highest BCUT2D eigenvalue weighted by molar-refractivity contribution is 7.89. The Bertz CT molecular complexity index is 1090. The van der Waals surface area contributed by atoms with Crippen molar-refractivity contribution in [1.29, 1.82) is 0 Å². The second-order valence-electron chi connectivity index (χ2n) is 8.16. The predicted octanol–water partition coefficient (Wildman–Crippen LogP) is 1.98. The zero-order valence-electron chi connectivity index (χ0n) is 17.9. The van der Waals surface area contributed by atoms with Crippen molar-refractivity contribution in [3.8, 4) is 0 Å². The summed E-state index contributed by atoms with van der Waals surface area (Å²) in [5, 5.41) is 14.8. The molecule has 11 heteroatoms. The normalized spacial score (nSPS) is 18.0. The van der Waals surface area contributed by atoms with E-state index in [9.17, 15) is 18.5 Å². The van der Waals surface area contributed by atoms with Crippen LogP contribution in [0.4, 0.5) is 11.4 Å². The van der Waals surface area contributed by atoms with Gasteiger partial charge < -0.3 is 14.8 Å². The fourth-order valence-electron chi connectivity index (χ4n) is 4.28. The highest BCUT2D eigenvalue weighted by Crippen LogP contribution is 2.30. The lowest BCUT2D eigenvalue weighted by Gasteiger charge is -2.31. The second kappa shape index (κ2) is 8.56. The molecule has 1 saturated heterocycles. The van der Waals surface area contributed by atoms with Gasteiger partial charge in [0.15, 0.2) is 0 Å². The number of sulfonamides is 1. The summed E-state index contributed by atoms with van der Waals surface area (Å²) in [4.78, 5) is 17.8. The Morgan fingerprint density at radius 3 is 2.61 bits per heavy atom. The van der Waals surface area contributed by atoms with E-state index >= 15 is 0 Å². The van der Waals surface area contributed by atoms with Gasteiger partial charge in [-0.1, -0.05) is 0 Å². The summed E-state index contributed by atoms with van der Waals surface area (Å²) < 4.78 is 29.5. The minimum absolute atomic E-state index is 0.0514. The first-order chi connectivity index (χ1) is 14.8. The van der Waals surface area contributed by atoms with E-state index in [1.165, 1.54) is 22.1 Å². The molecule has 3 heterocycles. The number of anilines is 1. The van der Waals surface area contributed by atoms with E-state index < -0.39 is 14.9 Å². The molecule has 1 N–H and O–H groups in total. The maximum atomic E-state index is 13.0. The molecule has 1 aromatic heterocycles. The van der Waals surface area contributed by atoms with Crippen molar-refractivity contribution in [3.63, 3.8) is 0 Å². The molecule has 0 radical (unpaired) electrons. The molecule has 0 saturated carbocycles. The molecular weight excluding hydrogens is 420 g/mol. The van der Waals surface area contributed by atoms with Gasteiger partial charge in [0.1, 0.15) is 11.5 Å². The van der Waals surface area contributed by atoms with Crippen LogP contribution >= 0.6 is 0 Å². The van der Waals surface area contributed by atoms with Crippen molar-refractivity contribution < 1.29 is 13.3 Å². The lowest BCUT2D eigenvalue weighted by atomic mass is 10.1. The number of nitro groups is 1. The van der Waals surface area contributed by atoms with E-state index in [2.05, 4.69) is 19.8 Å². The Morgan fingerprint density at radius 1 is 1.16 bits per heavy atom. The second-order valence-corrected chi connectivity index (χ2v) is 10.1. The van der Waals surface area contributed by atoms with Gasteiger partial charge in [-0.05, 0) is 45.4 Å². The number of likely N-dealkylation sites (N-methyl/N-ethyl adjacent to an activating group) is 1. The quantitative estimate of drug-likeness (QED) is 0.531. The molecule has 2 aromatic rings. The van der Waals surface area contributed by atoms with Gasteiger partial charge in [0.2, 0.25) is 10.0 Å². The number of aryl methyl sites for hydroxylation is 1. The van der Waals surface area contributed by atoms with Crippen LogP contribution in [-0.2, 0) is 29.5 Å². The van der Waals surface area contributed by atoms with Crippen LogP contribution in [0.5, 0.6) is 0 Å². The number of rotatable bonds is 6. The molecule has 0 atom stereocenters. The Balaban J connectivity index is 1.56. The van der Waals surface area contributed by atoms with Gasteiger partial charge in [-0.3, -0.25) is 10.1 Å². The molecule has 2 aliphatic rings. The maximum absolute atomic E-state index is 13.0. The van der Waals surface area contributed by atoms with E-state index in [1.54, 1.807) is 0 Å². The first-order valence-corrected chi connectivity index (χ1v) is 12.0. The predicted molar refractivity (Wildman–Crippen MR) is 117 cm³/mol. The Labute approximate surface area is 182 Å². The van der Waals surface area contributed by atoms with Crippen LogP contribution in [0.15, 0.2) is 23.1 Å². The molecule has 0 unspecified atom stereocenters. The Kier molecular flexibility index (Phi) is 6.00. The van der Waals surface area contributed by atoms with Crippen LogP contribution < -0.4 is 5.32 Å². The number of hydrogen-bond acceptors (Lipinski definition) is 7. The van der Waals surface area contributed by atoms with Gasteiger partial charge in [0.05, 0.1) is 22.1 Å². The van der Waals surface area contributed by atoms with E-state index in [0.29, 0.717) is 32.7 Å². The maximum Gasteiger partial charge on any atom is 0.293 e. The lowest BCUT2D eigenvalue weighted by Crippen LogP contribution is -2.47. The van der Waals surface area contributed by atoms with E-state index in [1.807, 2.05) is 14.0 Å². The fraction of sp³-hybridized carbons (Fsp3) is 0.550. The van der Waals surface area contributed by atoms with Crippen LogP contribution in [0.2, 0.25) is 0 Å². The molecule has 0 bridgehead atoms. The summed E-state index contributed by atoms with van der Waals surface area (Å²) in [6.07, 6.45) is 3.19. The van der Waals surface area contributed by atoms with E-state index in [4.69, 9.17) is 0 Å². The smallest absolute Gasteiger partial charge is 0.293 e. The van der Waals surface area contributed by atoms with Crippen LogP contribution in [-0.4, -0.2) is 65.3 Å². The van der Waals surface area contributed by atoms with E-state index in [-0.39, 0.29) is 16.3 Å². The molecular formula is C20H28N6O4S. The number of fused-ring (bicyclic) bond motifs is 1. The van der Waals surface area contributed by atoms with Gasteiger partial charge in [-0.2, -0.15) is 4.31 Å².